The Labute approximate surface area is 131 Å². The van der Waals surface area contributed by atoms with Crippen LogP contribution in [0, 0.1) is 5.92 Å². The third kappa shape index (κ3) is 5.24. The van der Waals surface area contributed by atoms with Crippen LogP contribution in [0.2, 0.25) is 0 Å². The van der Waals surface area contributed by atoms with Gasteiger partial charge in [-0.3, -0.25) is 14.5 Å². The molecule has 7 nitrogen and oxygen atoms in total. The average molecular weight is 332 g/mol. The van der Waals surface area contributed by atoms with E-state index in [1.807, 2.05) is 0 Å². The van der Waals surface area contributed by atoms with Gasteiger partial charge in [0.05, 0.1) is 18.1 Å². The number of ether oxygens (including phenoxy) is 1. The van der Waals surface area contributed by atoms with Gasteiger partial charge in [-0.05, 0) is 18.8 Å². The van der Waals surface area contributed by atoms with E-state index in [-0.39, 0.29) is 30.6 Å². The fraction of sp³-hybridized carbons (Fsp3) is 0.857. The molecule has 2 saturated heterocycles. The molecule has 0 aromatic rings. The summed E-state index contributed by atoms with van der Waals surface area (Å²) in [6, 6.07) is 0. The number of hydrogen-bond acceptors (Lipinski definition) is 6. The highest BCUT2D eigenvalue weighted by atomic mass is 32.2. The Bertz CT molecular complexity index is 497. The molecular formula is C14H24N2O5S. The summed E-state index contributed by atoms with van der Waals surface area (Å²) in [5.74, 6) is 0.164. The Kier molecular flexibility index (Phi) is 5.80. The highest BCUT2D eigenvalue weighted by molar-refractivity contribution is 7.91. The Morgan fingerprint density at radius 3 is 2.27 bits per heavy atom. The van der Waals surface area contributed by atoms with Crippen LogP contribution >= 0.6 is 0 Å². The van der Waals surface area contributed by atoms with Crippen molar-refractivity contribution in [2.75, 3.05) is 50.8 Å². The number of likely N-dealkylation sites (tertiary alicyclic amines) is 1. The molecule has 0 aromatic carbocycles. The number of sulfone groups is 1. The summed E-state index contributed by atoms with van der Waals surface area (Å²) in [6.45, 7) is 4.12. The predicted molar refractivity (Wildman–Crippen MR) is 81.0 cm³/mol. The van der Waals surface area contributed by atoms with Crippen molar-refractivity contribution in [3.05, 3.63) is 0 Å². The molecule has 0 saturated carbocycles. The smallest absolute Gasteiger partial charge is 0.320 e. The highest BCUT2D eigenvalue weighted by Gasteiger charge is 2.25. The van der Waals surface area contributed by atoms with Crippen molar-refractivity contribution in [2.24, 2.45) is 5.92 Å². The van der Waals surface area contributed by atoms with E-state index < -0.39 is 15.8 Å². The van der Waals surface area contributed by atoms with E-state index >= 15 is 0 Å². The number of esters is 1. The zero-order chi connectivity index (χ0) is 16.2. The molecule has 0 radical (unpaired) electrons. The molecule has 0 unspecified atom stereocenters. The number of rotatable bonds is 4. The maximum atomic E-state index is 11.9. The number of amides is 1. The van der Waals surface area contributed by atoms with E-state index in [9.17, 15) is 18.0 Å². The molecule has 2 aliphatic rings. The summed E-state index contributed by atoms with van der Waals surface area (Å²) >= 11 is 0. The zero-order valence-corrected chi connectivity index (χ0v) is 13.8. The van der Waals surface area contributed by atoms with Crippen molar-refractivity contribution in [3.8, 4) is 0 Å². The van der Waals surface area contributed by atoms with Crippen LogP contribution in [0.3, 0.4) is 0 Å². The first-order chi connectivity index (χ1) is 10.4. The largest absolute Gasteiger partial charge is 0.455 e. The van der Waals surface area contributed by atoms with Crippen LogP contribution in [0.15, 0.2) is 0 Å². The summed E-state index contributed by atoms with van der Waals surface area (Å²) < 4.78 is 27.6. The lowest BCUT2D eigenvalue weighted by atomic mass is 9.99. The first kappa shape index (κ1) is 17.2. The topological polar surface area (TPSA) is 84.0 Å². The summed E-state index contributed by atoms with van der Waals surface area (Å²) in [6.07, 6.45) is 1.98. The molecule has 0 atom stereocenters. The van der Waals surface area contributed by atoms with Crippen LogP contribution in [0.25, 0.3) is 0 Å². The van der Waals surface area contributed by atoms with Crippen molar-refractivity contribution in [1.29, 1.82) is 0 Å². The number of hydrogen-bond donors (Lipinski definition) is 0. The van der Waals surface area contributed by atoms with Gasteiger partial charge in [-0.2, -0.15) is 0 Å². The number of carbonyl (C=O) groups excluding carboxylic acids is 2. The SMILES string of the molecule is CC1CCN(C(=O)COC(=O)CN2CCS(=O)(=O)CC2)CC1. The minimum Gasteiger partial charge on any atom is -0.455 e. The van der Waals surface area contributed by atoms with E-state index in [4.69, 9.17) is 4.74 Å². The lowest BCUT2D eigenvalue weighted by molar-refractivity contribution is -0.153. The van der Waals surface area contributed by atoms with E-state index in [0.29, 0.717) is 19.0 Å². The minimum absolute atomic E-state index is 0.0415. The van der Waals surface area contributed by atoms with Crippen LogP contribution in [0.1, 0.15) is 19.8 Å². The van der Waals surface area contributed by atoms with E-state index in [1.54, 1.807) is 9.80 Å². The minimum atomic E-state index is -2.95. The molecule has 0 spiro atoms. The van der Waals surface area contributed by atoms with Crippen molar-refractivity contribution in [1.82, 2.24) is 9.80 Å². The summed E-state index contributed by atoms with van der Waals surface area (Å²) in [5, 5.41) is 0. The fourth-order valence-corrected chi connectivity index (χ4v) is 3.90. The molecule has 2 rings (SSSR count). The number of carbonyl (C=O) groups is 2. The first-order valence-electron chi connectivity index (χ1n) is 7.72. The second kappa shape index (κ2) is 7.41. The third-order valence-corrected chi connectivity index (χ3v) is 5.89. The van der Waals surface area contributed by atoms with E-state index in [1.165, 1.54) is 0 Å². The van der Waals surface area contributed by atoms with Crippen LogP contribution < -0.4 is 0 Å². The number of nitrogens with zero attached hydrogens (tertiary/aromatic N) is 2. The monoisotopic (exact) mass is 332 g/mol. The Balaban J connectivity index is 1.66. The van der Waals surface area contributed by atoms with Gasteiger partial charge in [0.2, 0.25) is 0 Å². The molecule has 2 aliphatic heterocycles. The lowest BCUT2D eigenvalue weighted by Crippen LogP contribution is -2.44. The third-order valence-electron chi connectivity index (χ3n) is 4.28. The first-order valence-corrected chi connectivity index (χ1v) is 9.54. The van der Waals surface area contributed by atoms with E-state index in [0.717, 1.165) is 25.9 Å². The average Bonchev–Trinajstić information content (AvgIpc) is 2.48. The predicted octanol–water partition coefficient (Wildman–Crippen LogP) is -0.481. The molecular weight excluding hydrogens is 308 g/mol. The molecule has 0 N–H and O–H groups in total. The van der Waals surface area contributed by atoms with Gasteiger partial charge in [0.25, 0.3) is 5.91 Å². The van der Waals surface area contributed by atoms with Gasteiger partial charge >= 0.3 is 5.97 Å². The van der Waals surface area contributed by atoms with Crippen molar-refractivity contribution in [2.45, 2.75) is 19.8 Å². The molecule has 0 aliphatic carbocycles. The van der Waals surface area contributed by atoms with E-state index in [2.05, 4.69) is 6.92 Å². The quantitative estimate of drug-likeness (QED) is 0.647. The summed E-state index contributed by atoms with van der Waals surface area (Å²) in [7, 11) is -2.95. The molecule has 126 valence electrons. The summed E-state index contributed by atoms with van der Waals surface area (Å²) in [5.41, 5.74) is 0. The molecule has 0 bridgehead atoms. The second-order valence-corrected chi connectivity index (χ2v) is 8.46. The molecule has 22 heavy (non-hydrogen) atoms. The van der Waals surface area contributed by atoms with Crippen molar-refractivity contribution >= 4 is 21.7 Å². The molecule has 2 heterocycles. The Morgan fingerprint density at radius 2 is 1.68 bits per heavy atom. The Hall–Kier alpha value is -1.15. The van der Waals surface area contributed by atoms with Gasteiger partial charge in [-0.15, -0.1) is 0 Å². The van der Waals surface area contributed by atoms with Gasteiger partial charge in [-0.25, -0.2) is 8.42 Å². The maximum absolute atomic E-state index is 11.9. The molecule has 2 fully saturated rings. The zero-order valence-electron chi connectivity index (χ0n) is 13.0. The second-order valence-electron chi connectivity index (χ2n) is 6.15. The highest BCUT2D eigenvalue weighted by Crippen LogP contribution is 2.15. The maximum Gasteiger partial charge on any atom is 0.320 e. The van der Waals surface area contributed by atoms with Gasteiger partial charge in [0, 0.05) is 26.2 Å². The number of piperidine rings is 1. The lowest BCUT2D eigenvalue weighted by Gasteiger charge is -2.30. The Morgan fingerprint density at radius 1 is 1.09 bits per heavy atom. The van der Waals surface area contributed by atoms with Gasteiger partial charge in [0.1, 0.15) is 0 Å². The normalized spacial score (nSPS) is 23.2. The van der Waals surface area contributed by atoms with Crippen LogP contribution in [0.5, 0.6) is 0 Å². The van der Waals surface area contributed by atoms with Gasteiger partial charge < -0.3 is 9.64 Å². The molecule has 1 amide bonds. The summed E-state index contributed by atoms with van der Waals surface area (Å²) in [4.78, 5) is 27.2. The van der Waals surface area contributed by atoms with Gasteiger partial charge in [0.15, 0.2) is 16.4 Å². The fourth-order valence-electron chi connectivity index (χ4n) is 2.63. The van der Waals surface area contributed by atoms with Gasteiger partial charge in [-0.1, -0.05) is 6.92 Å². The van der Waals surface area contributed by atoms with Crippen molar-refractivity contribution < 1.29 is 22.7 Å². The van der Waals surface area contributed by atoms with Crippen molar-refractivity contribution in [3.63, 3.8) is 0 Å². The van der Waals surface area contributed by atoms with Crippen LogP contribution in [0.4, 0.5) is 0 Å². The van der Waals surface area contributed by atoms with Crippen LogP contribution in [-0.4, -0.2) is 80.9 Å². The molecule has 0 aromatic heterocycles. The molecule has 8 heteroatoms. The van der Waals surface area contributed by atoms with Crippen LogP contribution in [-0.2, 0) is 24.2 Å². The standard InChI is InChI=1S/C14H24N2O5S/c1-12-2-4-16(5-3-12)13(17)11-21-14(18)10-15-6-8-22(19,20)9-7-15/h12H,2-11H2,1H3.